The maximum absolute atomic E-state index is 11.9. The predicted molar refractivity (Wildman–Crippen MR) is 126 cm³/mol. The van der Waals surface area contributed by atoms with E-state index >= 15 is 0 Å². The Morgan fingerprint density at radius 3 is 2.20 bits per heavy atom. The molecule has 5 heteroatoms. The van der Waals surface area contributed by atoms with E-state index in [1.807, 2.05) is 18.2 Å². The fraction of sp³-hybridized carbons (Fsp3) is 0.360. The predicted octanol–water partition coefficient (Wildman–Crippen LogP) is 6.99. The second kappa shape index (κ2) is 7.28. The average Bonchev–Trinajstić information content (AvgIpc) is 2.97. The van der Waals surface area contributed by atoms with Crippen molar-refractivity contribution in [1.29, 1.82) is 0 Å². The summed E-state index contributed by atoms with van der Waals surface area (Å²) in [6.45, 7) is 11.4. The number of benzene rings is 2. The maximum atomic E-state index is 11.9. The highest BCUT2D eigenvalue weighted by Crippen LogP contribution is 2.48. The number of hydrogen-bond donors (Lipinski definition) is 1. The van der Waals surface area contributed by atoms with Gasteiger partial charge >= 0.3 is 0 Å². The van der Waals surface area contributed by atoms with Crippen LogP contribution in [-0.2, 0) is 15.6 Å². The highest BCUT2D eigenvalue weighted by molar-refractivity contribution is 8.18. The molecule has 0 atom stereocenters. The molecule has 1 aliphatic carbocycles. The molecular formula is C25H26ClNO2S. The molecular weight excluding hydrogens is 414 g/mol. The number of carbonyl (C=O) groups excluding carboxylic acids is 2. The topological polar surface area (TPSA) is 46.2 Å². The lowest BCUT2D eigenvalue weighted by atomic mass is 9.62. The third kappa shape index (κ3) is 3.72. The quantitative estimate of drug-likeness (QED) is 0.513. The zero-order valence-electron chi connectivity index (χ0n) is 18.0. The van der Waals surface area contributed by atoms with Crippen molar-refractivity contribution in [3.63, 3.8) is 0 Å². The summed E-state index contributed by atoms with van der Waals surface area (Å²) < 4.78 is 0. The zero-order valence-corrected chi connectivity index (χ0v) is 19.6. The van der Waals surface area contributed by atoms with Crippen LogP contribution in [0.15, 0.2) is 35.2 Å². The van der Waals surface area contributed by atoms with Crippen LogP contribution in [0.3, 0.4) is 0 Å². The monoisotopic (exact) mass is 439 g/mol. The van der Waals surface area contributed by atoms with E-state index in [0.717, 1.165) is 34.9 Å². The molecule has 2 aliphatic rings. The van der Waals surface area contributed by atoms with E-state index in [1.165, 1.54) is 23.1 Å². The van der Waals surface area contributed by atoms with Gasteiger partial charge in [0.05, 0.1) is 4.91 Å². The molecule has 1 aliphatic heterocycles. The van der Waals surface area contributed by atoms with Crippen LogP contribution in [0.1, 0.15) is 62.8 Å². The number of imide groups is 1. The van der Waals surface area contributed by atoms with Gasteiger partial charge in [-0.15, -0.1) is 0 Å². The Bertz CT molecular complexity index is 1110. The Hall–Kier alpha value is -2.04. The van der Waals surface area contributed by atoms with Gasteiger partial charge in [0.15, 0.2) is 0 Å². The summed E-state index contributed by atoms with van der Waals surface area (Å²) >= 11 is 7.55. The molecule has 1 fully saturated rings. The number of nitrogens with one attached hydrogen (secondary N) is 1. The number of aryl methyl sites for hydroxylation is 1. The summed E-state index contributed by atoms with van der Waals surface area (Å²) in [5, 5.41) is 2.63. The minimum Gasteiger partial charge on any atom is -0.282 e. The first-order valence-corrected chi connectivity index (χ1v) is 11.4. The summed E-state index contributed by atoms with van der Waals surface area (Å²) in [6.07, 6.45) is 4.06. The van der Waals surface area contributed by atoms with Crippen molar-refractivity contribution in [3.8, 4) is 11.1 Å². The molecule has 30 heavy (non-hydrogen) atoms. The van der Waals surface area contributed by atoms with Crippen molar-refractivity contribution in [3.05, 3.63) is 62.5 Å². The van der Waals surface area contributed by atoms with Crippen LogP contribution < -0.4 is 5.32 Å². The van der Waals surface area contributed by atoms with E-state index in [0.29, 0.717) is 9.93 Å². The van der Waals surface area contributed by atoms with Gasteiger partial charge < -0.3 is 0 Å². The Morgan fingerprint density at radius 2 is 1.60 bits per heavy atom. The van der Waals surface area contributed by atoms with Crippen LogP contribution in [0.2, 0.25) is 5.02 Å². The Balaban J connectivity index is 1.84. The lowest BCUT2D eigenvalue weighted by Crippen LogP contribution is -2.34. The van der Waals surface area contributed by atoms with Gasteiger partial charge in [0.1, 0.15) is 0 Å². The molecule has 156 valence electrons. The maximum Gasteiger partial charge on any atom is 0.290 e. The van der Waals surface area contributed by atoms with Crippen molar-refractivity contribution < 1.29 is 9.59 Å². The highest BCUT2D eigenvalue weighted by atomic mass is 35.5. The van der Waals surface area contributed by atoms with Gasteiger partial charge in [0.25, 0.3) is 11.1 Å². The number of fused-ring (bicyclic) bond motifs is 1. The van der Waals surface area contributed by atoms with Gasteiger partial charge in [-0.25, -0.2) is 0 Å². The Kier molecular flexibility index (Phi) is 5.14. The van der Waals surface area contributed by atoms with Crippen LogP contribution in [0, 0.1) is 6.92 Å². The molecule has 0 spiro atoms. The third-order valence-corrected chi connectivity index (χ3v) is 7.56. The highest BCUT2D eigenvalue weighted by Gasteiger charge is 2.37. The molecule has 2 aromatic rings. The number of thioether (sulfide) groups is 1. The normalized spacial score (nSPS) is 20.9. The van der Waals surface area contributed by atoms with Crippen LogP contribution >= 0.6 is 23.4 Å². The van der Waals surface area contributed by atoms with Crippen LogP contribution in [0.5, 0.6) is 0 Å². The molecule has 1 heterocycles. The lowest BCUT2D eigenvalue weighted by Gasteiger charge is -2.42. The minimum atomic E-state index is -0.351. The molecule has 0 bridgehead atoms. The van der Waals surface area contributed by atoms with E-state index < -0.39 is 0 Å². The first-order chi connectivity index (χ1) is 14.0. The van der Waals surface area contributed by atoms with E-state index in [2.05, 4.69) is 52.1 Å². The van der Waals surface area contributed by atoms with Crippen molar-refractivity contribution in [2.24, 2.45) is 0 Å². The number of hydrogen-bond acceptors (Lipinski definition) is 3. The second-order valence-corrected chi connectivity index (χ2v) is 11.0. The van der Waals surface area contributed by atoms with Gasteiger partial charge in [-0.2, -0.15) is 0 Å². The summed E-state index contributed by atoms with van der Waals surface area (Å²) in [7, 11) is 0. The summed E-state index contributed by atoms with van der Waals surface area (Å²) in [4.78, 5) is 23.8. The van der Waals surface area contributed by atoms with E-state index in [9.17, 15) is 9.59 Å². The van der Waals surface area contributed by atoms with E-state index in [-0.39, 0.29) is 22.0 Å². The molecule has 1 saturated heterocycles. The molecule has 2 amide bonds. The first kappa shape index (κ1) is 21.2. The van der Waals surface area contributed by atoms with Crippen LogP contribution in [-0.4, -0.2) is 11.1 Å². The van der Waals surface area contributed by atoms with Crippen molar-refractivity contribution in [2.75, 3.05) is 0 Å². The SMILES string of the molecule is Cc1cc2c(cc1-c1cc(/C=C3\SC(=O)NC3=O)ccc1Cl)C(C)(C)CCC2(C)C. The summed E-state index contributed by atoms with van der Waals surface area (Å²) in [5.41, 5.74) is 7.17. The van der Waals surface area contributed by atoms with E-state index in [1.54, 1.807) is 6.08 Å². The van der Waals surface area contributed by atoms with Crippen molar-refractivity contribution in [2.45, 2.75) is 58.3 Å². The Morgan fingerprint density at radius 1 is 0.967 bits per heavy atom. The average molecular weight is 440 g/mol. The third-order valence-electron chi connectivity index (χ3n) is 6.42. The van der Waals surface area contributed by atoms with Gasteiger partial charge in [-0.05, 0) is 94.4 Å². The van der Waals surface area contributed by atoms with Gasteiger partial charge in [-0.3, -0.25) is 14.9 Å². The molecule has 3 nitrogen and oxygen atoms in total. The number of carbonyl (C=O) groups is 2. The Labute approximate surface area is 187 Å². The fourth-order valence-electron chi connectivity index (χ4n) is 4.42. The van der Waals surface area contributed by atoms with Crippen LogP contribution in [0.4, 0.5) is 4.79 Å². The largest absolute Gasteiger partial charge is 0.290 e. The molecule has 2 aromatic carbocycles. The number of amides is 2. The molecule has 1 N–H and O–H groups in total. The molecule has 0 saturated carbocycles. The standard InChI is InChI=1S/C25H26ClNO2S/c1-14-10-18-19(25(4,5)9-8-24(18,2)3)13-16(14)17-11-15(6-7-20(17)26)12-21-22(28)27-23(29)30-21/h6-7,10-13H,8-9H2,1-5H3,(H,27,28,29)/b21-12-. The number of halogens is 1. The molecule has 0 radical (unpaired) electrons. The molecule has 0 aromatic heterocycles. The molecule has 0 unspecified atom stereocenters. The van der Waals surface area contributed by atoms with Crippen molar-refractivity contribution >= 4 is 40.6 Å². The van der Waals surface area contributed by atoms with Gasteiger partial charge in [0, 0.05) is 10.6 Å². The fourth-order valence-corrected chi connectivity index (χ4v) is 5.33. The lowest BCUT2D eigenvalue weighted by molar-refractivity contribution is -0.115. The van der Waals surface area contributed by atoms with Gasteiger partial charge in [-0.1, -0.05) is 51.4 Å². The zero-order chi connectivity index (χ0) is 21.8. The molecule has 4 rings (SSSR count). The first-order valence-electron chi connectivity index (χ1n) is 10.2. The van der Waals surface area contributed by atoms with E-state index in [4.69, 9.17) is 11.6 Å². The summed E-state index contributed by atoms with van der Waals surface area (Å²) in [5.74, 6) is -0.351. The number of rotatable bonds is 2. The summed E-state index contributed by atoms with van der Waals surface area (Å²) in [6, 6.07) is 10.4. The van der Waals surface area contributed by atoms with Gasteiger partial charge in [0.2, 0.25) is 0 Å². The van der Waals surface area contributed by atoms with Crippen LogP contribution in [0.25, 0.3) is 17.2 Å². The van der Waals surface area contributed by atoms with Crippen molar-refractivity contribution in [1.82, 2.24) is 5.32 Å². The minimum absolute atomic E-state index is 0.109. The smallest absolute Gasteiger partial charge is 0.282 e. The second-order valence-electron chi connectivity index (χ2n) is 9.57.